The van der Waals surface area contributed by atoms with Crippen LogP contribution in [0.4, 0.5) is 10.1 Å². The summed E-state index contributed by atoms with van der Waals surface area (Å²) in [5.74, 6) is 0.234. The van der Waals surface area contributed by atoms with E-state index in [2.05, 4.69) is 34.6 Å². The highest BCUT2D eigenvalue weighted by molar-refractivity contribution is 14.0. The van der Waals surface area contributed by atoms with E-state index in [0.717, 1.165) is 11.3 Å². The molecule has 0 atom stereocenters. The van der Waals surface area contributed by atoms with Gasteiger partial charge in [0.25, 0.3) is 0 Å². The summed E-state index contributed by atoms with van der Waals surface area (Å²) in [6.07, 6.45) is 2.00. The van der Waals surface area contributed by atoms with E-state index < -0.39 is 5.82 Å². The summed E-state index contributed by atoms with van der Waals surface area (Å²) in [7, 11) is 5.46. The summed E-state index contributed by atoms with van der Waals surface area (Å²) in [4.78, 5) is 18.2. The summed E-state index contributed by atoms with van der Waals surface area (Å²) in [6.45, 7) is 4.86. The molecule has 1 aromatic heterocycles. The second-order valence-electron chi connectivity index (χ2n) is 6.68. The standard InChI is InChI=1S/C19H27FN6O.HI/c1-13(2)18-14(12-26(5)24-18)11-25(4)19(21-3)22-10-17(27)23-16-8-6-7-15(20)9-16;/h6-9,12-13H,10-11H2,1-5H3,(H,21,22)(H,23,27);1H. The molecule has 7 nitrogen and oxygen atoms in total. The predicted molar refractivity (Wildman–Crippen MR) is 121 cm³/mol. The van der Waals surface area contributed by atoms with Crippen molar-refractivity contribution in [1.82, 2.24) is 20.0 Å². The Morgan fingerprint density at radius 1 is 1.39 bits per heavy atom. The van der Waals surface area contributed by atoms with E-state index in [1.165, 1.54) is 12.1 Å². The molecule has 1 aromatic carbocycles. The van der Waals surface area contributed by atoms with Gasteiger partial charge in [-0.2, -0.15) is 5.10 Å². The largest absolute Gasteiger partial charge is 0.347 e. The molecule has 0 aliphatic carbocycles. The van der Waals surface area contributed by atoms with Crippen LogP contribution < -0.4 is 10.6 Å². The molecule has 2 aromatic rings. The van der Waals surface area contributed by atoms with Crippen LogP contribution in [0.3, 0.4) is 0 Å². The minimum absolute atomic E-state index is 0. The molecule has 2 N–H and O–H groups in total. The van der Waals surface area contributed by atoms with Gasteiger partial charge >= 0.3 is 0 Å². The van der Waals surface area contributed by atoms with Gasteiger partial charge in [0, 0.05) is 45.1 Å². The van der Waals surface area contributed by atoms with Gasteiger partial charge in [0.05, 0.1) is 12.2 Å². The van der Waals surface area contributed by atoms with E-state index in [-0.39, 0.29) is 36.4 Å². The molecule has 0 saturated carbocycles. The van der Waals surface area contributed by atoms with Crippen LogP contribution >= 0.6 is 24.0 Å². The van der Waals surface area contributed by atoms with Crippen molar-refractivity contribution in [2.24, 2.45) is 12.0 Å². The minimum Gasteiger partial charge on any atom is -0.347 e. The number of aliphatic imine (C=N–C) groups is 1. The van der Waals surface area contributed by atoms with Crippen molar-refractivity contribution >= 4 is 41.5 Å². The number of carbonyl (C=O) groups is 1. The van der Waals surface area contributed by atoms with Crippen molar-refractivity contribution in [3.05, 3.63) is 47.5 Å². The first-order valence-electron chi connectivity index (χ1n) is 8.79. The summed E-state index contributed by atoms with van der Waals surface area (Å²) in [6, 6.07) is 5.78. The van der Waals surface area contributed by atoms with Crippen LogP contribution in [0.25, 0.3) is 0 Å². The maximum atomic E-state index is 13.2. The number of halogens is 2. The number of aromatic nitrogens is 2. The van der Waals surface area contributed by atoms with Gasteiger partial charge in [-0.25, -0.2) is 4.39 Å². The molecule has 2 rings (SSSR count). The lowest BCUT2D eigenvalue weighted by Crippen LogP contribution is -2.42. The fraction of sp³-hybridized carbons (Fsp3) is 0.421. The van der Waals surface area contributed by atoms with E-state index in [1.54, 1.807) is 23.9 Å². The van der Waals surface area contributed by atoms with Crippen LogP contribution in [0.1, 0.15) is 31.0 Å². The van der Waals surface area contributed by atoms with E-state index >= 15 is 0 Å². The lowest BCUT2D eigenvalue weighted by molar-refractivity contribution is -0.115. The number of nitrogens with one attached hydrogen (secondary N) is 2. The third-order valence-electron chi connectivity index (χ3n) is 3.98. The number of hydrogen-bond donors (Lipinski definition) is 2. The number of carbonyl (C=O) groups excluding carboxylic acids is 1. The van der Waals surface area contributed by atoms with Gasteiger partial charge in [0.1, 0.15) is 5.82 Å². The normalized spacial score (nSPS) is 11.2. The van der Waals surface area contributed by atoms with Gasteiger partial charge in [-0.05, 0) is 24.1 Å². The lowest BCUT2D eigenvalue weighted by atomic mass is 10.1. The molecular weight excluding hydrogens is 474 g/mol. The summed E-state index contributed by atoms with van der Waals surface area (Å²) < 4.78 is 15.0. The number of benzene rings is 1. The molecule has 0 radical (unpaired) electrons. The van der Waals surface area contributed by atoms with Crippen molar-refractivity contribution in [3.8, 4) is 0 Å². The Morgan fingerprint density at radius 3 is 2.71 bits per heavy atom. The first-order chi connectivity index (χ1) is 12.8. The SMILES string of the molecule is CN=C(NCC(=O)Nc1cccc(F)c1)N(C)Cc1cn(C)nc1C(C)C.I. The second-order valence-corrected chi connectivity index (χ2v) is 6.68. The molecule has 0 fully saturated rings. The molecule has 0 saturated heterocycles. The van der Waals surface area contributed by atoms with Crippen molar-refractivity contribution in [2.45, 2.75) is 26.3 Å². The Morgan fingerprint density at radius 2 is 2.11 bits per heavy atom. The van der Waals surface area contributed by atoms with Gasteiger partial charge in [0.15, 0.2) is 5.96 Å². The molecule has 0 spiro atoms. The summed E-state index contributed by atoms with van der Waals surface area (Å²) in [5, 5.41) is 10.2. The van der Waals surface area contributed by atoms with Gasteiger partial charge in [-0.15, -0.1) is 24.0 Å². The molecule has 0 unspecified atom stereocenters. The zero-order valence-electron chi connectivity index (χ0n) is 16.9. The molecule has 1 heterocycles. The van der Waals surface area contributed by atoms with E-state index in [0.29, 0.717) is 24.1 Å². The fourth-order valence-corrected chi connectivity index (χ4v) is 2.81. The topological polar surface area (TPSA) is 74.6 Å². The monoisotopic (exact) mass is 502 g/mol. The zero-order valence-corrected chi connectivity index (χ0v) is 19.2. The molecule has 0 aliphatic rings. The van der Waals surface area contributed by atoms with Gasteiger partial charge in [-0.1, -0.05) is 19.9 Å². The maximum Gasteiger partial charge on any atom is 0.243 e. The highest BCUT2D eigenvalue weighted by Crippen LogP contribution is 2.18. The zero-order chi connectivity index (χ0) is 20.0. The lowest BCUT2D eigenvalue weighted by Gasteiger charge is -2.22. The molecule has 9 heteroatoms. The average molecular weight is 502 g/mol. The average Bonchev–Trinajstić information content (AvgIpc) is 2.96. The Hall–Kier alpha value is -2.17. The van der Waals surface area contributed by atoms with Gasteiger partial charge < -0.3 is 15.5 Å². The maximum absolute atomic E-state index is 13.2. The number of aryl methyl sites for hydroxylation is 1. The van der Waals surface area contributed by atoms with Gasteiger partial charge in [0.2, 0.25) is 5.91 Å². The highest BCUT2D eigenvalue weighted by atomic mass is 127. The Bertz CT molecular complexity index is 821. The predicted octanol–water partition coefficient (Wildman–Crippen LogP) is 2.95. The first-order valence-corrected chi connectivity index (χ1v) is 8.79. The Kier molecular flexibility index (Phi) is 9.36. The third kappa shape index (κ3) is 6.77. The fourth-order valence-electron chi connectivity index (χ4n) is 2.81. The minimum atomic E-state index is -0.395. The molecule has 0 aliphatic heterocycles. The Balaban J connectivity index is 0.00000392. The van der Waals surface area contributed by atoms with E-state index in [4.69, 9.17) is 0 Å². The molecule has 154 valence electrons. The number of rotatable bonds is 6. The molecular formula is C19H28FIN6O. The molecule has 1 amide bonds. The Labute approximate surface area is 182 Å². The number of nitrogens with zero attached hydrogens (tertiary/aromatic N) is 4. The van der Waals surface area contributed by atoms with E-state index in [9.17, 15) is 9.18 Å². The highest BCUT2D eigenvalue weighted by Gasteiger charge is 2.15. The number of anilines is 1. The molecule has 28 heavy (non-hydrogen) atoms. The van der Waals surface area contributed by atoms with Crippen LogP contribution in [-0.4, -0.2) is 47.2 Å². The third-order valence-corrected chi connectivity index (χ3v) is 3.98. The molecule has 0 bridgehead atoms. The van der Waals surface area contributed by atoms with Crippen LogP contribution in [0.2, 0.25) is 0 Å². The van der Waals surface area contributed by atoms with Crippen molar-refractivity contribution in [3.63, 3.8) is 0 Å². The van der Waals surface area contributed by atoms with Crippen LogP contribution in [0.5, 0.6) is 0 Å². The van der Waals surface area contributed by atoms with Crippen LogP contribution in [0.15, 0.2) is 35.5 Å². The summed E-state index contributed by atoms with van der Waals surface area (Å²) in [5.41, 5.74) is 2.58. The van der Waals surface area contributed by atoms with Crippen molar-refractivity contribution < 1.29 is 9.18 Å². The summed E-state index contributed by atoms with van der Waals surface area (Å²) >= 11 is 0. The first kappa shape index (κ1) is 23.9. The van der Waals surface area contributed by atoms with Gasteiger partial charge in [-0.3, -0.25) is 14.5 Å². The number of guanidine groups is 1. The van der Waals surface area contributed by atoms with Crippen molar-refractivity contribution in [1.29, 1.82) is 0 Å². The van der Waals surface area contributed by atoms with Crippen LogP contribution in [0, 0.1) is 5.82 Å². The van der Waals surface area contributed by atoms with Crippen molar-refractivity contribution in [2.75, 3.05) is 26.0 Å². The quantitative estimate of drug-likeness (QED) is 0.362. The number of hydrogen-bond acceptors (Lipinski definition) is 3. The van der Waals surface area contributed by atoms with E-state index in [1.807, 2.05) is 25.2 Å². The second kappa shape index (κ2) is 11.0. The number of amides is 1. The smallest absolute Gasteiger partial charge is 0.243 e. The van der Waals surface area contributed by atoms with Crippen LogP contribution in [-0.2, 0) is 18.4 Å².